The van der Waals surface area contributed by atoms with Gasteiger partial charge in [0.2, 0.25) is 0 Å². The Morgan fingerprint density at radius 3 is 2.38 bits per heavy atom. The number of carbonyl (C=O) groups is 1. The van der Waals surface area contributed by atoms with E-state index in [0.29, 0.717) is 12.5 Å². The van der Waals surface area contributed by atoms with Crippen molar-refractivity contribution in [2.24, 2.45) is 5.92 Å². The number of hydrogen-bond acceptors (Lipinski definition) is 2. The summed E-state index contributed by atoms with van der Waals surface area (Å²) >= 11 is 0. The Morgan fingerprint density at radius 2 is 2.00 bits per heavy atom. The lowest BCUT2D eigenvalue weighted by atomic mass is 10.0. The molecule has 0 aromatic heterocycles. The van der Waals surface area contributed by atoms with Gasteiger partial charge in [-0.15, -0.1) is 0 Å². The standard InChI is InChI=1S/C11H20O2/c1-5-9(4)8-10(6-2)11(12)13-7-3/h8-9H,5-7H2,1-4H3/b10-8-/t9-/m1/s1. The van der Waals surface area contributed by atoms with Crippen LogP contribution in [0.25, 0.3) is 0 Å². The quantitative estimate of drug-likeness (QED) is 0.485. The van der Waals surface area contributed by atoms with Crippen molar-refractivity contribution in [3.8, 4) is 0 Å². The number of carbonyl (C=O) groups excluding carboxylic acids is 1. The minimum absolute atomic E-state index is 0.162. The van der Waals surface area contributed by atoms with Crippen molar-refractivity contribution in [3.63, 3.8) is 0 Å². The minimum atomic E-state index is -0.162. The first kappa shape index (κ1) is 12.2. The van der Waals surface area contributed by atoms with Crippen LogP contribution in [0.2, 0.25) is 0 Å². The maximum atomic E-state index is 11.3. The van der Waals surface area contributed by atoms with E-state index >= 15 is 0 Å². The molecule has 0 heterocycles. The molecule has 0 aromatic rings. The second kappa shape index (κ2) is 6.70. The predicted molar refractivity (Wildman–Crippen MR) is 54.5 cm³/mol. The molecule has 2 heteroatoms. The first-order chi connectivity index (χ1) is 6.15. The molecule has 76 valence electrons. The molecule has 0 saturated carbocycles. The van der Waals surface area contributed by atoms with E-state index in [9.17, 15) is 4.79 Å². The summed E-state index contributed by atoms with van der Waals surface area (Å²) in [5, 5.41) is 0. The third-order valence-corrected chi connectivity index (χ3v) is 2.05. The van der Waals surface area contributed by atoms with E-state index in [1.54, 1.807) is 0 Å². The van der Waals surface area contributed by atoms with Crippen molar-refractivity contribution in [3.05, 3.63) is 11.6 Å². The summed E-state index contributed by atoms with van der Waals surface area (Å²) < 4.78 is 4.93. The smallest absolute Gasteiger partial charge is 0.333 e. The summed E-state index contributed by atoms with van der Waals surface area (Å²) in [5.41, 5.74) is 0.802. The number of esters is 1. The van der Waals surface area contributed by atoms with Crippen molar-refractivity contribution in [1.29, 1.82) is 0 Å². The largest absolute Gasteiger partial charge is 0.463 e. The first-order valence-corrected chi connectivity index (χ1v) is 5.03. The van der Waals surface area contributed by atoms with Crippen molar-refractivity contribution < 1.29 is 9.53 Å². The zero-order valence-corrected chi connectivity index (χ0v) is 9.09. The SMILES string of the molecule is CCOC(=O)/C(=C\[C@H](C)CC)CC. The molecule has 1 atom stereocenters. The lowest BCUT2D eigenvalue weighted by Gasteiger charge is -2.07. The summed E-state index contributed by atoms with van der Waals surface area (Å²) in [6, 6.07) is 0. The Kier molecular flexibility index (Phi) is 6.29. The lowest BCUT2D eigenvalue weighted by Crippen LogP contribution is -2.08. The molecular formula is C11H20O2. The molecule has 0 amide bonds. The van der Waals surface area contributed by atoms with Gasteiger partial charge in [-0.05, 0) is 19.3 Å². The van der Waals surface area contributed by atoms with Gasteiger partial charge in [-0.2, -0.15) is 0 Å². The van der Waals surface area contributed by atoms with E-state index in [1.165, 1.54) is 0 Å². The second-order valence-corrected chi connectivity index (χ2v) is 3.15. The molecule has 2 nitrogen and oxygen atoms in total. The van der Waals surface area contributed by atoms with Crippen molar-refractivity contribution in [2.45, 2.75) is 40.5 Å². The molecule has 0 radical (unpaired) electrons. The van der Waals surface area contributed by atoms with Crippen LogP contribution in [0.4, 0.5) is 0 Å². The summed E-state index contributed by atoms with van der Waals surface area (Å²) in [6.45, 7) is 8.48. The van der Waals surface area contributed by atoms with Gasteiger partial charge in [-0.25, -0.2) is 4.79 Å². The van der Waals surface area contributed by atoms with Gasteiger partial charge in [0, 0.05) is 5.57 Å². The maximum Gasteiger partial charge on any atom is 0.333 e. The zero-order valence-electron chi connectivity index (χ0n) is 9.09. The summed E-state index contributed by atoms with van der Waals surface area (Å²) in [5.74, 6) is 0.296. The average molecular weight is 184 g/mol. The molecule has 0 bridgehead atoms. The lowest BCUT2D eigenvalue weighted by molar-refractivity contribution is -0.138. The van der Waals surface area contributed by atoms with Gasteiger partial charge in [0.05, 0.1) is 6.61 Å². The van der Waals surface area contributed by atoms with Crippen LogP contribution in [-0.4, -0.2) is 12.6 Å². The summed E-state index contributed by atoms with van der Waals surface area (Å²) in [4.78, 5) is 11.3. The van der Waals surface area contributed by atoms with E-state index in [1.807, 2.05) is 19.9 Å². The molecule has 0 rings (SSSR count). The number of rotatable bonds is 5. The van der Waals surface area contributed by atoms with Crippen molar-refractivity contribution >= 4 is 5.97 Å². The van der Waals surface area contributed by atoms with Crippen LogP contribution in [-0.2, 0) is 9.53 Å². The van der Waals surface area contributed by atoms with Crippen LogP contribution in [0, 0.1) is 5.92 Å². The molecule has 0 aliphatic heterocycles. The molecule has 0 aliphatic carbocycles. The molecule has 0 unspecified atom stereocenters. The topological polar surface area (TPSA) is 26.3 Å². The zero-order chi connectivity index (χ0) is 10.3. The van der Waals surface area contributed by atoms with Crippen LogP contribution >= 0.6 is 0 Å². The van der Waals surface area contributed by atoms with Gasteiger partial charge in [-0.1, -0.05) is 33.3 Å². The molecular weight excluding hydrogens is 164 g/mol. The van der Waals surface area contributed by atoms with Crippen molar-refractivity contribution in [2.75, 3.05) is 6.61 Å². The highest BCUT2D eigenvalue weighted by Crippen LogP contribution is 2.11. The minimum Gasteiger partial charge on any atom is -0.463 e. The molecule has 0 fully saturated rings. The summed E-state index contributed by atoms with van der Waals surface area (Å²) in [6.07, 6.45) is 3.82. The molecule has 0 aliphatic rings. The van der Waals surface area contributed by atoms with Crippen LogP contribution in [0.1, 0.15) is 40.5 Å². The van der Waals surface area contributed by atoms with Gasteiger partial charge in [0.25, 0.3) is 0 Å². The first-order valence-electron chi connectivity index (χ1n) is 5.03. The van der Waals surface area contributed by atoms with Crippen molar-refractivity contribution in [1.82, 2.24) is 0 Å². The molecule has 13 heavy (non-hydrogen) atoms. The van der Waals surface area contributed by atoms with Crippen LogP contribution < -0.4 is 0 Å². The highest BCUT2D eigenvalue weighted by atomic mass is 16.5. The Morgan fingerprint density at radius 1 is 1.38 bits per heavy atom. The number of allylic oxidation sites excluding steroid dienone is 1. The Bertz CT molecular complexity index is 183. The van der Waals surface area contributed by atoms with Gasteiger partial charge >= 0.3 is 5.97 Å². The monoisotopic (exact) mass is 184 g/mol. The summed E-state index contributed by atoms with van der Waals surface area (Å²) in [7, 11) is 0. The molecule has 0 N–H and O–H groups in total. The fourth-order valence-corrected chi connectivity index (χ4v) is 1.02. The van der Waals surface area contributed by atoms with Gasteiger partial charge < -0.3 is 4.74 Å². The third kappa shape index (κ3) is 4.71. The third-order valence-electron chi connectivity index (χ3n) is 2.05. The molecule has 0 spiro atoms. The van der Waals surface area contributed by atoms with E-state index < -0.39 is 0 Å². The molecule has 0 aromatic carbocycles. The Balaban J connectivity index is 4.31. The number of ether oxygens (including phenoxy) is 1. The van der Waals surface area contributed by atoms with E-state index in [-0.39, 0.29) is 5.97 Å². The van der Waals surface area contributed by atoms with Crippen LogP contribution in [0.5, 0.6) is 0 Å². The van der Waals surface area contributed by atoms with Crippen LogP contribution in [0.3, 0.4) is 0 Å². The molecule has 0 saturated heterocycles. The average Bonchev–Trinajstić information content (AvgIpc) is 2.14. The van der Waals surface area contributed by atoms with Crippen LogP contribution in [0.15, 0.2) is 11.6 Å². The highest BCUT2D eigenvalue weighted by Gasteiger charge is 2.08. The van der Waals surface area contributed by atoms with E-state index in [0.717, 1.165) is 18.4 Å². The Labute approximate surface area is 81.0 Å². The van der Waals surface area contributed by atoms with Gasteiger partial charge in [0.15, 0.2) is 0 Å². The fourth-order valence-electron chi connectivity index (χ4n) is 1.02. The van der Waals surface area contributed by atoms with E-state index in [4.69, 9.17) is 4.74 Å². The predicted octanol–water partition coefficient (Wildman–Crippen LogP) is 2.93. The maximum absolute atomic E-state index is 11.3. The van der Waals surface area contributed by atoms with E-state index in [2.05, 4.69) is 13.8 Å². The fraction of sp³-hybridized carbons (Fsp3) is 0.727. The second-order valence-electron chi connectivity index (χ2n) is 3.15. The van der Waals surface area contributed by atoms with Gasteiger partial charge in [0.1, 0.15) is 0 Å². The van der Waals surface area contributed by atoms with Gasteiger partial charge in [-0.3, -0.25) is 0 Å². The highest BCUT2D eigenvalue weighted by molar-refractivity contribution is 5.88. The Hall–Kier alpha value is -0.790. The number of hydrogen-bond donors (Lipinski definition) is 0. The normalized spacial score (nSPS) is 14.0.